The lowest BCUT2D eigenvalue weighted by Gasteiger charge is -2.14. The fourth-order valence-corrected chi connectivity index (χ4v) is 3.33. The Bertz CT molecular complexity index is 985. The quantitative estimate of drug-likeness (QED) is 0.333. The summed E-state index contributed by atoms with van der Waals surface area (Å²) in [5.74, 6) is -0.276. The molecule has 134 valence electrons. The number of esters is 1. The van der Waals surface area contributed by atoms with Crippen molar-refractivity contribution in [2.45, 2.75) is 12.5 Å². The van der Waals surface area contributed by atoms with E-state index in [1.807, 2.05) is 72.8 Å². The van der Waals surface area contributed by atoms with Crippen LogP contribution < -0.4 is 5.43 Å². The standard InChI is InChI=1S/C22H17BrN2O2/c23-16-12-10-15(11-13-16)20(25-24-17-6-2-1-3-7-17)14-21-18-8-4-5-9-19(18)22(26)27-21/h1-13,21,24H,14H2/b25-20-. The van der Waals surface area contributed by atoms with Crippen molar-refractivity contribution in [2.75, 3.05) is 5.43 Å². The largest absolute Gasteiger partial charge is 0.453 e. The molecule has 0 fully saturated rings. The van der Waals surface area contributed by atoms with Crippen LogP contribution in [-0.2, 0) is 4.74 Å². The van der Waals surface area contributed by atoms with Gasteiger partial charge in [0.25, 0.3) is 0 Å². The van der Waals surface area contributed by atoms with Crippen molar-refractivity contribution < 1.29 is 9.53 Å². The summed E-state index contributed by atoms with van der Waals surface area (Å²) in [6.45, 7) is 0. The van der Waals surface area contributed by atoms with Crippen LogP contribution in [0.15, 0.2) is 88.4 Å². The number of hydrogen-bond acceptors (Lipinski definition) is 4. The minimum absolute atomic E-state index is 0.276. The average Bonchev–Trinajstić information content (AvgIpc) is 3.02. The van der Waals surface area contributed by atoms with E-state index in [9.17, 15) is 4.79 Å². The molecule has 4 nitrogen and oxygen atoms in total. The van der Waals surface area contributed by atoms with Crippen LogP contribution in [0.2, 0.25) is 0 Å². The third-order valence-corrected chi connectivity index (χ3v) is 4.96. The van der Waals surface area contributed by atoms with Crippen LogP contribution >= 0.6 is 15.9 Å². The Labute approximate surface area is 166 Å². The Morgan fingerprint density at radius 1 is 0.963 bits per heavy atom. The second-order valence-corrected chi connectivity index (χ2v) is 7.14. The molecule has 0 saturated heterocycles. The van der Waals surface area contributed by atoms with E-state index in [2.05, 4.69) is 26.5 Å². The fraction of sp³-hybridized carbons (Fsp3) is 0.0909. The van der Waals surface area contributed by atoms with E-state index in [4.69, 9.17) is 4.74 Å². The zero-order chi connectivity index (χ0) is 18.6. The Kier molecular flexibility index (Phi) is 5.03. The van der Waals surface area contributed by atoms with Crippen LogP contribution in [0, 0.1) is 0 Å². The van der Waals surface area contributed by atoms with E-state index in [1.165, 1.54) is 0 Å². The van der Waals surface area contributed by atoms with Gasteiger partial charge < -0.3 is 4.74 Å². The molecule has 0 spiro atoms. The van der Waals surface area contributed by atoms with E-state index in [-0.39, 0.29) is 12.1 Å². The molecule has 0 aliphatic carbocycles. The highest BCUT2D eigenvalue weighted by Gasteiger charge is 2.31. The van der Waals surface area contributed by atoms with Crippen molar-refractivity contribution >= 4 is 33.3 Å². The molecule has 1 heterocycles. The lowest BCUT2D eigenvalue weighted by molar-refractivity contribution is 0.0400. The van der Waals surface area contributed by atoms with Crippen molar-refractivity contribution in [1.29, 1.82) is 0 Å². The molecule has 1 aliphatic heterocycles. The van der Waals surface area contributed by atoms with Crippen molar-refractivity contribution in [1.82, 2.24) is 0 Å². The lowest BCUT2D eigenvalue weighted by Crippen LogP contribution is -2.11. The summed E-state index contributed by atoms with van der Waals surface area (Å²) in [5, 5.41) is 4.62. The molecule has 3 aromatic carbocycles. The van der Waals surface area contributed by atoms with Gasteiger partial charge in [0, 0.05) is 16.5 Å². The van der Waals surface area contributed by atoms with Gasteiger partial charge in [-0.2, -0.15) is 5.10 Å². The Morgan fingerprint density at radius 2 is 1.67 bits per heavy atom. The zero-order valence-corrected chi connectivity index (χ0v) is 16.0. The number of ether oxygens (including phenoxy) is 1. The van der Waals surface area contributed by atoms with E-state index >= 15 is 0 Å². The van der Waals surface area contributed by atoms with Gasteiger partial charge >= 0.3 is 5.97 Å². The highest BCUT2D eigenvalue weighted by atomic mass is 79.9. The van der Waals surface area contributed by atoms with Crippen molar-refractivity contribution in [3.05, 3.63) is 100 Å². The number of hydrogen-bond donors (Lipinski definition) is 1. The first-order chi connectivity index (χ1) is 13.2. The number of nitrogens with zero attached hydrogens (tertiary/aromatic N) is 1. The van der Waals surface area contributed by atoms with Gasteiger partial charge in [-0.15, -0.1) is 0 Å². The first-order valence-corrected chi connectivity index (χ1v) is 9.43. The first-order valence-electron chi connectivity index (χ1n) is 8.64. The molecule has 0 amide bonds. The van der Waals surface area contributed by atoms with Crippen LogP contribution in [0.25, 0.3) is 0 Å². The number of benzene rings is 3. The lowest BCUT2D eigenvalue weighted by atomic mass is 9.98. The van der Waals surface area contributed by atoms with Gasteiger partial charge in [-0.1, -0.05) is 64.5 Å². The van der Waals surface area contributed by atoms with Crippen molar-refractivity contribution in [3.63, 3.8) is 0 Å². The summed E-state index contributed by atoms with van der Waals surface area (Å²) in [6.07, 6.45) is 0.151. The molecule has 1 atom stereocenters. The molecular formula is C22H17BrN2O2. The highest BCUT2D eigenvalue weighted by molar-refractivity contribution is 9.10. The van der Waals surface area contributed by atoms with Crippen LogP contribution in [0.4, 0.5) is 5.69 Å². The topological polar surface area (TPSA) is 50.7 Å². The third kappa shape index (κ3) is 3.93. The molecule has 1 unspecified atom stereocenters. The Morgan fingerprint density at radius 3 is 2.44 bits per heavy atom. The number of carbonyl (C=O) groups is 1. The Hall–Kier alpha value is -2.92. The molecule has 0 saturated carbocycles. The van der Waals surface area contributed by atoms with Gasteiger partial charge in [0.2, 0.25) is 0 Å². The highest BCUT2D eigenvalue weighted by Crippen LogP contribution is 2.34. The maximum atomic E-state index is 12.1. The third-order valence-electron chi connectivity index (χ3n) is 4.43. The van der Waals surface area contributed by atoms with Gasteiger partial charge in [0.05, 0.1) is 17.0 Å². The summed E-state index contributed by atoms with van der Waals surface area (Å²) in [6, 6.07) is 25.2. The van der Waals surface area contributed by atoms with Gasteiger partial charge in [-0.25, -0.2) is 4.79 Å². The summed E-state index contributed by atoms with van der Waals surface area (Å²) in [5.41, 5.74) is 7.34. The number of para-hydroxylation sites is 1. The predicted molar refractivity (Wildman–Crippen MR) is 110 cm³/mol. The molecule has 0 radical (unpaired) electrons. The minimum Gasteiger partial charge on any atom is -0.453 e. The smallest absolute Gasteiger partial charge is 0.339 e. The molecule has 0 aromatic heterocycles. The van der Waals surface area contributed by atoms with Gasteiger partial charge in [-0.3, -0.25) is 5.43 Å². The molecule has 27 heavy (non-hydrogen) atoms. The van der Waals surface area contributed by atoms with Crippen LogP contribution in [-0.4, -0.2) is 11.7 Å². The molecule has 1 aliphatic rings. The van der Waals surface area contributed by atoms with Crippen LogP contribution in [0.5, 0.6) is 0 Å². The monoisotopic (exact) mass is 420 g/mol. The van der Waals surface area contributed by atoms with Crippen molar-refractivity contribution in [3.8, 4) is 0 Å². The van der Waals surface area contributed by atoms with Crippen LogP contribution in [0.3, 0.4) is 0 Å². The molecule has 5 heteroatoms. The molecule has 4 rings (SSSR count). The second kappa shape index (κ2) is 7.76. The number of halogens is 1. The van der Waals surface area contributed by atoms with Gasteiger partial charge in [0.1, 0.15) is 6.10 Å². The predicted octanol–water partition coefficient (Wildman–Crippen LogP) is 5.57. The van der Waals surface area contributed by atoms with Gasteiger partial charge in [-0.05, 0) is 35.9 Å². The Balaban J connectivity index is 1.64. The van der Waals surface area contributed by atoms with E-state index in [0.29, 0.717) is 12.0 Å². The molecule has 3 aromatic rings. The van der Waals surface area contributed by atoms with E-state index in [0.717, 1.165) is 27.0 Å². The average molecular weight is 421 g/mol. The SMILES string of the molecule is O=C1OC(C/C(=N/Nc2ccccc2)c2ccc(Br)cc2)c2ccccc21. The number of rotatable bonds is 5. The summed E-state index contributed by atoms with van der Waals surface area (Å²) in [4.78, 5) is 12.1. The maximum Gasteiger partial charge on any atom is 0.339 e. The molecule has 0 bridgehead atoms. The minimum atomic E-state index is -0.339. The number of carbonyl (C=O) groups excluding carboxylic acids is 1. The molecular weight excluding hydrogens is 404 g/mol. The molecule has 1 N–H and O–H groups in total. The number of hydrazone groups is 1. The normalized spacial score (nSPS) is 16.0. The van der Waals surface area contributed by atoms with E-state index < -0.39 is 0 Å². The van der Waals surface area contributed by atoms with Crippen molar-refractivity contribution in [2.24, 2.45) is 5.10 Å². The maximum absolute atomic E-state index is 12.1. The van der Waals surface area contributed by atoms with E-state index in [1.54, 1.807) is 6.07 Å². The summed E-state index contributed by atoms with van der Waals surface area (Å²) < 4.78 is 6.60. The second-order valence-electron chi connectivity index (χ2n) is 6.23. The van der Waals surface area contributed by atoms with Crippen LogP contribution in [0.1, 0.15) is 34.0 Å². The number of nitrogens with one attached hydrogen (secondary N) is 1. The van der Waals surface area contributed by atoms with Gasteiger partial charge in [0.15, 0.2) is 0 Å². The fourth-order valence-electron chi connectivity index (χ4n) is 3.06. The summed E-state index contributed by atoms with van der Waals surface area (Å²) >= 11 is 3.46. The first kappa shape index (κ1) is 17.5. The number of fused-ring (bicyclic) bond motifs is 1. The summed E-state index contributed by atoms with van der Waals surface area (Å²) in [7, 11) is 0. The zero-order valence-electron chi connectivity index (χ0n) is 14.4. The number of cyclic esters (lactones) is 1. The number of anilines is 1.